The zero-order valence-corrected chi connectivity index (χ0v) is 11.9. The van der Waals surface area contributed by atoms with Crippen molar-refractivity contribution >= 4 is 17.5 Å². The lowest BCUT2D eigenvalue weighted by atomic mass is 9.81. The van der Waals surface area contributed by atoms with Gasteiger partial charge in [0.1, 0.15) is 12.4 Å². The second-order valence-electron chi connectivity index (χ2n) is 5.78. The fourth-order valence-corrected chi connectivity index (χ4v) is 2.36. The maximum absolute atomic E-state index is 12.2. The molecule has 20 heavy (non-hydrogen) atoms. The summed E-state index contributed by atoms with van der Waals surface area (Å²) in [6, 6.07) is 6.98. The molecule has 0 atom stereocenters. The van der Waals surface area contributed by atoms with Gasteiger partial charge in [0.15, 0.2) is 0 Å². The third kappa shape index (κ3) is 3.17. The molecule has 108 valence electrons. The number of anilines is 1. The van der Waals surface area contributed by atoms with Crippen molar-refractivity contribution in [3.05, 3.63) is 24.3 Å². The Balaban J connectivity index is 2.22. The van der Waals surface area contributed by atoms with E-state index in [1.54, 1.807) is 24.3 Å². The van der Waals surface area contributed by atoms with Crippen LogP contribution in [-0.4, -0.2) is 25.0 Å². The molecule has 0 bridgehead atoms. The number of hydrogen-bond acceptors (Lipinski definition) is 4. The van der Waals surface area contributed by atoms with Gasteiger partial charge in [0.05, 0.1) is 5.69 Å². The van der Waals surface area contributed by atoms with E-state index < -0.39 is 0 Å². The number of carbonyl (C=O) groups is 2. The van der Waals surface area contributed by atoms with Crippen LogP contribution in [0.2, 0.25) is 0 Å². The summed E-state index contributed by atoms with van der Waals surface area (Å²) in [6.07, 6.45) is 0.735. The van der Waals surface area contributed by atoms with Gasteiger partial charge in [-0.05, 0) is 17.5 Å². The van der Waals surface area contributed by atoms with Crippen molar-refractivity contribution in [3.8, 4) is 5.75 Å². The first kappa shape index (κ1) is 14.5. The van der Waals surface area contributed by atoms with Crippen molar-refractivity contribution < 1.29 is 14.3 Å². The fraction of sp³-hybridized carbons (Fsp3) is 0.467. The van der Waals surface area contributed by atoms with E-state index in [1.165, 1.54) is 4.90 Å². The Bertz CT molecular complexity index is 506. The molecule has 0 aromatic heterocycles. The first-order chi connectivity index (χ1) is 9.43. The Morgan fingerprint density at radius 3 is 2.50 bits per heavy atom. The molecule has 2 N–H and O–H groups in total. The average molecular weight is 276 g/mol. The lowest BCUT2D eigenvalue weighted by Crippen LogP contribution is -2.46. The van der Waals surface area contributed by atoms with Crippen molar-refractivity contribution in [2.24, 2.45) is 11.1 Å². The molecule has 0 radical (unpaired) electrons. The van der Waals surface area contributed by atoms with Crippen LogP contribution in [-0.2, 0) is 9.59 Å². The monoisotopic (exact) mass is 276 g/mol. The predicted octanol–water partition coefficient (Wildman–Crippen LogP) is 1.70. The molecule has 0 saturated carbocycles. The highest BCUT2D eigenvalue weighted by Crippen LogP contribution is 2.34. The largest absolute Gasteiger partial charge is 0.492 e. The minimum atomic E-state index is -0.266. The summed E-state index contributed by atoms with van der Waals surface area (Å²) >= 11 is 0. The fourth-order valence-electron chi connectivity index (χ4n) is 2.36. The predicted molar refractivity (Wildman–Crippen MR) is 76.5 cm³/mol. The number of imide groups is 1. The third-order valence-electron chi connectivity index (χ3n) is 3.22. The van der Waals surface area contributed by atoms with Crippen LogP contribution < -0.4 is 15.4 Å². The smallest absolute Gasteiger partial charge is 0.234 e. The van der Waals surface area contributed by atoms with E-state index in [2.05, 4.69) is 0 Å². The number of carbonyl (C=O) groups excluding carboxylic acids is 2. The Hall–Kier alpha value is -1.88. The van der Waals surface area contributed by atoms with Gasteiger partial charge in [-0.25, -0.2) is 0 Å². The van der Waals surface area contributed by atoms with E-state index >= 15 is 0 Å². The van der Waals surface area contributed by atoms with Crippen LogP contribution in [0.5, 0.6) is 5.75 Å². The van der Waals surface area contributed by atoms with Crippen molar-refractivity contribution in [1.82, 2.24) is 0 Å². The van der Waals surface area contributed by atoms with E-state index in [4.69, 9.17) is 10.5 Å². The second-order valence-corrected chi connectivity index (χ2v) is 5.78. The number of piperidine rings is 1. The highest BCUT2D eigenvalue weighted by molar-refractivity contribution is 6.16. The van der Waals surface area contributed by atoms with Crippen LogP contribution in [0.3, 0.4) is 0 Å². The quantitative estimate of drug-likeness (QED) is 0.850. The average Bonchev–Trinajstić information content (AvgIpc) is 2.34. The van der Waals surface area contributed by atoms with E-state index in [9.17, 15) is 9.59 Å². The summed E-state index contributed by atoms with van der Waals surface area (Å²) in [6.45, 7) is 4.68. The SMILES string of the molecule is CC1(C)CC(=O)N(c2cccc(OCCN)c2)C(=O)C1. The summed E-state index contributed by atoms with van der Waals surface area (Å²) in [5.74, 6) is 0.280. The molecular formula is C15H20N2O3. The number of hydrogen-bond donors (Lipinski definition) is 1. The van der Waals surface area contributed by atoms with Crippen molar-refractivity contribution in [2.75, 3.05) is 18.1 Å². The van der Waals surface area contributed by atoms with Gasteiger partial charge in [0, 0.05) is 25.5 Å². The standard InChI is InChI=1S/C15H20N2O3/c1-15(2)9-13(18)17(14(19)10-15)11-4-3-5-12(8-11)20-7-6-16/h3-5,8H,6-7,9-10,16H2,1-2H3. The van der Waals surface area contributed by atoms with Gasteiger partial charge in [-0.2, -0.15) is 0 Å². The molecule has 0 unspecified atom stereocenters. The maximum Gasteiger partial charge on any atom is 0.234 e. The molecular weight excluding hydrogens is 256 g/mol. The number of nitrogens with two attached hydrogens (primary N) is 1. The van der Waals surface area contributed by atoms with Gasteiger partial charge >= 0.3 is 0 Å². The van der Waals surface area contributed by atoms with Crippen LogP contribution in [0, 0.1) is 5.41 Å². The van der Waals surface area contributed by atoms with Crippen LogP contribution in [0.1, 0.15) is 26.7 Å². The van der Waals surface area contributed by atoms with Crippen molar-refractivity contribution in [3.63, 3.8) is 0 Å². The summed E-state index contributed by atoms with van der Waals surface area (Å²) in [5.41, 5.74) is 5.68. The second kappa shape index (κ2) is 5.63. The molecule has 1 heterocycles. The molecule has 1 aliphatic rings. The molecule has 1 fully saturated rings. The lowest BCUT2D eigenvalue weighted by Gasteiger charge is -2.34. The van der Waals surface area contributed by atoms with E-state index in [-0.39, 0.29) is 17.2 Å². The minimum Gasteiger partial charge on any atom is -0.492 e. The van der Waals surface area contributed by atoms with Crippen LogP contribution >= 0.6 is 0 Å². The Labute approximate surface area is 118 Å². The van der Waals surface area contributed by atoms with Crippen molar-refractivity contribution in [2.45, 2.75) is 26.7 Å². The first-order valence-electron chi connectivity index (χ1n) is 6.72. The minimum absolute atomic E-state index is 0.165. The topological polar surface area (TPSA) is 72.6 Å². The highest BCUT2D eigenvalue weighted by Gasteiger charge is 2.38. The van der Waals surface area contributed by atoms with E-state index in [0.29, 0.717) is 37.4 Å². The zero-order chi connectivity index (χ0) is 14.8. The van der Waals surface area contributed by atoms with Gasteiger partial charge in [0.2, 0.25) is 11.8 Å². The molecule has 5 nitrogen and oxygen atoms in total. The van der Waals surface area contributed by atoms with E-state index in [0.717, 1.165) is 0 Å². The Morgan fingerprint density at radius 1 is 1.25 bits per heavy atom. The van der Waals surface area contributed by atoms with E-state index in [1.807, 2.05) is 13.8 Å². The molecule has 1 aromatic carbocycles. The van der Waals surface area contributed by atoms with Crippen molar-refractivity contribution in [1.29, 1.82) is 0 Å². The zero-order valence-electron chi connectivity index (χ0n) is 11.9. The third-order valence-corrected chi connectivity index (χ3v) is 3.22. The maximum atomic E-state index is 12.2. The van der Waals surface area contributed by atoms with Gasteiger partial charge < -0.3 is 10.5 Å². The summed E-state index contributed by atoms with van der Waals surface area (Å²) in [4.78, 5) is 25.6. The van der Waals surface area contributed by atoms with Gasteiger partial charge in [-0.3, -0.25) is 14.5 Å². The number of ether oxygens (including phenoxy) is 1. The molecule has 1 saturated heterocycles. The summed E-state index contributed by atoms with van der Waals surface area (Å²) < 4.78 is 5.42. The number of benzene rings is 1. The molecule has 1 aliphatic heterocycles. The molecule has 0 aliphatic carbocycles. The van der Waals surface area contributed by atoms with Crippen LogP contribution in [0.15, 0.2) is 24.3 Å². The normalized spacial score (nSPS) is 18.2. The molecule has 1 aromatic rings. The first-order valence-corrected chi connectivity index (χ1v) is 6.72. The highest BCUT2D eigenvalue weighted by atomic mass is 16.5. The number of rotatable bonds is 4. The summed E-state index contributed by atoms with van der Waals surface area (Å²) in [5, 5.41) is 0. The molecule has 2 amide bonds. The lowest BCUT2D eigenvalue weighted by molar-refractivity contribution is -0.132. The molecule has 2 rings (SSSR count). The van der Waals surface area contributed by atoms with Gasteiger partial charge in [-0.15, -0.1) is 0 Å². The Kier molecular flexibility index (Phi) is 4.09. The summed E-state index contributed by atoms with van der Waals surface area (Å²) in [7, 11) is 0. The molecule has 5 heteroatoms. The van der Waals surface area contributed by atoms with Crippen LogP contribution in [0.25, 0.3) is 0 Å². The van der Waals surface area contributed by atoms with Gasteiger partial charge in [0.25, 0.3) is 0 Å². The van der Waals surface area contributed by atoms with Crippen LogP contribution in [0.4, 0.5) is 5.69 Å². The molecule has 0 spiro atoms. The number of nitrogens with zero attached hydrogens (tertiary/aromatic N) is 1. The van der Waals surface area contributed by atoms with Gasteiger partial charge in [-0.1, -0.05) is 19.9 Å². The Morgan fingerprint density at radius 2 is 1.90 bits per heavy atom. The number of amides is 2.